The van der Waals surface area contributed by atoms with Gasteiger partial charge in [0.15, 0.2) is 11.6 Å². The van der Waals surface area contributed by atoms with Crippen LogP contribution in [0.25, 0.3) is 11.4 Å². The number of nitrogens with zero attached hydrogens (tertiary/aromatic N) is 3. The number of benzene rings is 3. The molecule has 6 rings (SSSR count). The number of ketones is 1. The van der Waals surface area contributed by atoms with Crippen LogP contribution in [-0.2, 0) is 11.4 Å². The molecule has 4 aromatic rings. The van der Waals surface area contributed by atoms with Crippen LogP contribution in [0.4, 0.5) is 5.95 Å². The predicted molar refractivity (Wildman–Crippen MR) is 135 cm³/mol. The van der Waals surface area contributed by atoms with E-state index in [0.29, 0.717) is 29.8 Å². The molecule has 0 bridgehead atoms. The van der Waals surface area contributed by atoms with E-state index >= 15 is 0 Å². The second-order valence-corrected chi connectivity index (χ2v) is 9.19. The average molecular weight is 483 g/mol. The van der Waals surface area contributed by atoms with Gasteiger partial charge in [0.05, 0.1) is 0 Å². The first-order valence-corrected chi connectivity index (χ1v) is 12.1. The van der Waals surface area contributed by atoms with Crippen LogP contribution in [0, 0.1) is 0 Å². The number of halogens is 1. The number of fused-ring (bicyclic) bond motifs is 1. The second kappa shape index (κ2) is 9.04. The van der Waals surface area contributed by atoms with Gasteiger partial charge < -0.3 is 10.1 Å². The number of allylic oxidation sites excluding steroid dienone is 2. The highest BCUT2D eigenvalue weighted by molar-refractivity contribution is 6.30. The summed E-state index contributed by atoms with van der Waals surface area (Å²) in [5.74, 6) is 2.06. The number of carbonyl (C=O) groups is 1. The summed E-state index contributed by atoms with van der Waals surface area (Å²) >= 11 is 6.21. The fraction of sp³-hybridized carbons (Fsp3) is 0.179. The van der Waals surface area contributed by atoms with Gasteiger partial charge in [-0.2, -0.15) is 4.98 Å². The molecule has 1 aliphatic heterocycles. The number of ether oxygens (including phenoxy) is 1. The lowest BCUT2D eigenvalue weighted by molar-refractivity contribution is -0.116. The zero-order valence-electron chi connectivity index (χ0n) is 18.9. The molecule has 1 aromatic heterocycles. The Hall–Kier alpha value is -3.90. The number of rotatable bonds is 5. The number of hydrogen-bond donors (Lipinski definition) is 1. The van der Waals surface area contributed by atoms with Gasteiger partial charge in [-0.3, -0.25) is 4.79 Å². The van der Waals surface area contributed by atoms with E-state index in [9.17, 15) is 4.79 Å². The molecule has 1 N–H and O–H groups in total. The molecule has 0 saturated carbocycles. The largest absolute Gasteiger partial charge is 0.489 e. The summed E-state index contributed by atoms with van der Waals surface area (Å²) in [5.41, 5.74) is 4.54. The normalized spacial score (nSPS) is 16.9. The molecular weight excluding hydrogens is 460 g/mol. The number of carbonyl (C=O) groups excluding carboxylic acids is 1. The molecule has 35 heavy (non-hydrogen) atoms. The van der Waals surface area contributed by atoms with Crippen molar-refractivity contribution in [2.45, 2.75) is 31.9 Å². The Morgan fingerprint density at radius 3 is 2.71 bits per heavy atom. The highest BCUT2D eigenvalue weighted by atomic mass is 35.5. The molecule has 2 aliphatic rings. The fourth-order valence-electron chi connectivity index (χ4n) is 4.73. The smallest absolute Gasteiger partial charge is 0.226 e. The molecule has 0 spiro atoms. The maximum atomic E-state index is 13.1. The molecule has 7 heteroatoms. The van der Waals surface area contributed by atoms with E-state index in [4.69, 9.17) is 26.4 Å². The van der Waals surface area contributed by atoms with E-state index in [1.807, 2.05) is 83.5 Å². The van der Waals surface area contributed by atoms with Gasteiger partial charge in [-0.15, -0.1) is 5.10 Å². The summed E-state index contributed by atoms with van der Waals surface area (Å²) in [6.45, 7) is 0.469. The van der Waals surface area contributed by atoms with Gasteiger partial charge in [0.1, 0.15) is 18.4 Å². The van der Waals surface area contributed by atoms with Crippen LogP contribution in [0.15, 0.2) is 90.1 Å². The van der Waals surface area contributed by atoms with Crippen molar-refractivity contribution in [1.29, 1.82) is 0 Å². The summed E-state index contributed by atoms with van der Waals surface area (Å²) in [5, 5.41) is 8.83. The number of hydrogen-bond acceptors (Lipinski definition) is 5. The topological polar surface area (TPSA) is 69.0 Å². The van der Waals surface area contributed by atoms with Crippen molar-refractivity contribution in [2.24, 2.45) is 0 Å². The zero-order chi connectivity index (χ0) is 23.8. The van der Waals surface area contributed by atoms with E-state index in [2.05, 4.69) is 5.32 Å². The summed E-state index contributed by atoms with van der Waals surface area (Å²) < 4.78 is 7.90. The number of Topliss-reactive ketones (excluding diaryl/α,β-unsaturated/α-hetero) is 1. The fourth-order valence-corrected chi connectivity index (χ4v) is 4.92. The maximum absolute atomic E-state index is 13.1. The summed E-state index contributed by atoms with van der Waals surface area (Å²) in [7, 11) is 0. The Morgan fingerprint density at radius 2 is 1.86 bits per heavy atom. The zero-order valence-corrected chi connectivity index (χ0v) is 19.7. The Labute approximate surface area is 208 Å². The molecule has 2 heterocycles. The van der Waals surface area contributed by atoms with E-state index in [1.165, 1.54) is 0 Å². The summed E-state index contributed by atoms with van der Waals surface area (Å²) in [6.07, 6.45) is 2.17. The summed E-state index contributed by atoms with van der Waals surface area (Å²) in [4.78, 5) is 17.9. The van der Waals surface area contributed by atoms with Crippen molar-refractivity contribution in [3.63, 3.8) is 0 Å². The van der Waals surface area contributed by atoms with Crippen molar-refractivity contribution in [3.05, 3.63) is 106 Å². The van der Waals surface area contributed by atoms with Gasteiger partial charge in [-0.25, -0.2) is 4.68 Å². The number of aromatic nitrogens is 3. The molecule has 1 unspecified atom stereocenters. The summed E-state index contributed by atoms with van der Waals surface area (Å²) in [6, 6.07) is 25.0. The molecular formula is C28H23ClN4O2. The standard InChI is InChI=1S/C28H23ClN4O2/c29-21-11-4-10-20(15-21)27-31-28-30-23-13-6-14-24(34)25(23)26(33(28)32-27)19-9-5-12-22(16-19)35-17-18-7-2-1-3-8-18/h1-5,7-12,15-16,26H,6,13-14,17H2,(H,30,31,32). The lowest BCUT2D eigenvalue weighted by atomic mass is 9.85. The first-order valence-electron chi connectivity index (χ1n) is 11.7. The van der Waals surface area contributed by atoms with Gasteiger partial charge in [0.2, 0.25) is 5.95 Å². The molecule has 0 amide bonds. The van der Waals surface area contributed by atoms with Crippen LogP contribution in [-0.4, -0.2) is 20.5 Å². The van der Waals surface area contributed by atoms with E-state index < -0.39 is 0 Å². The first-order chi connectivity index (χ1) is 17.2. The lowest BCUT2D eigenvalue weighted by Crippen LogP contribution is -2.31. The van der Waals surface area contributed by atoms with E-state index in [1.54, 1.807) is 0 Å². The molecule has 6 nitrogen and oxygen atoms in total. The van der Waals surface area contributed by atoms with Crippen LogP contribution in [0.5, 0.6) is 5.75 Å². The Kier molecular flexibility index (Phi) is 5.58. The molecule has 1 atom stereocenters. The Bertz CT molecular complexity index is 1440. The van der Waals surface area contributed by atoms with Crippen LogP contribution in [0.2, 0.25) is 5.02 Å². The lowest BCUT2D eigenvalue weighted by Gasteiger charge is -2.32. The van der Waals surface area contributed by atoms with E-state index in [0.717, 1.165) is 46.6 Å². The monoisotopic (exact) mass is 482 g/mol. The third-order valence-electron chi connectivity index (χ3n) is 6.37. The maximum Gasteiger partial charge on any atom is 0.226 e. The van der Waals surface area contributed by atoms with E-state index in [-0.39, 0.29) is 11.8 Å². The van der Waals surface area contributed by atoms with Gasteiger partial charge in [0, 0.05) is 28.3 Å². The SMILES string of the molecule is O=C1CCCC2=C1C(c1cccc(OCc3ccccc3)c1)n1nc(-c3cccc(Cl)c3)nc1N2. The molecule has 0 saturated heterocycles. The minimum absolute atomic E-state index is 0.143. The molecule has 174 valence electrons. The van der Waals surface area contributed by atoms with Gasteiger partial charge in [-0.1, -0.05) is 66.2 Å². The van der Waals surface area contributed by atoms with Crippen LogP contribution in [0.3, 0.4) is 0 Å². The van der Waals surface area contributed by atoms with Gasteiger partial charge in [-0.05, 0) is 48.2 Å². The first kappa shape index (κ1) is 21.6. The highest BCUT2D eigenvalue weighted by Crippen LogP contribution is 2.41. The van der Waals surface area contributed by atoms with Crippen LogP contribution in [0.1, 0.15) is 36.4 Å². The quantitative estimate of drug-likeness (QED) is 0.367. The van der Waals surface area contributed by atoms with Crippen molar-refractivity contribution in [3.8, 4) is 17.1 Å². The minimum Gasteiger partial charge on any atom is -0.489 e. The molecule has 3 aromatic carbocycles. The van der Waals surface area contributed by atoms with Crippen molar-refractivity contribution in [1.82, 2.24) is 14.8 Å². The molecule has 1 aliphatic carbocycles. The van der Waals surface area contributed by atoms with Crippen molar-refractivity contribution < 1.29 is 9.53 Å². The van der Waals surface area contributed by atoms with Crippen molar-refractivity contribution in [2.75, 3.05) is 5.32 Å². The third kappa shape index (κ3) is 4.21. The average Bonchev–Trinajstić information content (AvgIpc) is 3.31. The minimum atomic E-state index is -0.380. The Morgan fingerprint density at radius 1 is 1.00 bits per heavy atom. The molecule has 0 fully saturated rings. The molecule has 0 radical (unpaired) electrons. The third-order valence-corrected chi connectivity index (χ3v) is 6.61. The van der Waals surface area contributed by atoms with Crippen LogP contribution < -0.4 is 10.1 Å². The Balaban J connectivity index is 1.40. The van der Waals surface area contributed by atoms with Crippen molar-refractivity contribution >= 4 is 23.3 Å². The highest BCUT2D eigenvalue weighted by Gasteiger charge is 2.37. The number of anilines is 1. The van der Waals surface area contributed by atoms with Gasteiger partial charge >= 0.3 is 0 Å². The predicted octanol–water partition coefficient (Wildman–Crippen LogP) is 6.20. The van der Waals surface area contributed by atoms with Crippen LogP contribution >= 0.6 is 11.6 Å². The second-order valence-electron chi connectivity index (χ2n) is 8.76. The van der Waals surface area contributed by atoms with Gasteiger partial charge in [0.25, 0.3) is 0 Å². The number of nitrogens with one attached hydrogen (secondary N) is 1.